The molecule has 8 heteroatoms. The molecule has 2 aromatic carbocycles. The molecular formula is C26H26ClN5O2. The molecule has 5 rings (SSSR count). The number of aromatic nitrogens is 2. The van der Waals surface area contributed by atoms with Gasteiger partial charge < -0.3 is 19.7 Å². The number of hydrogen-bond donors (Lipinski definition) is 1. The monoisotopic (exact) mass is 475 g/mol. The number of nitrogens with zero attached hydrogens (tertiary/aromatic N) is 4. The molecule has 3 aromatic rings. The van der Waals surface area contributed by atoms with Crippen molar-refractivity contribution in [3.8, 4) is 0 Å². The van der Waals surface area contributed by atoms with E-state index in [1.165, 1.54) is 5.69 Å². The molecule has 174 valence electrons. The molecule has 2 amide bonds. The third kappa shape index (κ3) is 4.56. The van der Waals surface area contributed by atoms with Crippen LogP contribution in [0.25, 0.3) is 0 Å². The van der Waals surface area contributed by atoms with Gasteiger partial charge in [-0.15, -0.1) is 0 Å². The van der Waals surface area contributed by atoms with E-state index in [1.54, 1.807) is 29.3 Å². The number of halogens is 1. The number of nitrogens with one attached hydrogen (secondary N) is 1. The van der Waals surface area contributed by atoms with Crippen LogP contribution in [-0.4, -0.2) is 45.4 Å². The summed E-state index contributed by atoms with van der Waals surface area (Å²) in [4.78, 5) is 34.2. The Labute approximate surface area is 203 Å². The third-order valence-corrected chi connectivity index (χ3v) is 6.71. The molecule has 34 heavy (non-hydrogen) atoms. The lowest BCUT2D eigenvalue weighted by Gasteiger charge is -2.28. The van der Waals surface area contributed by atoms with Crippen molar-refractivity contribution in [2.45, 2.75) is 32.0 Å². The molecule has 0 bridgehead atoms. The van der Waals surface area contributed by atoms with Gasteiger partial charge in [0.05, 0.1) is 23.5 Å². The van der Waals surface area contributed by atoms with Crippen LogP contribution in [0.15, 0.2) is 72.9 Å². The number of para-hydroxylation sites is 2. The second kappa shape index (κ2) is 9.73. The molecule has 0 saturated carbocycles. The van der Waals surface area contributed by atoms with Gasteiger partial charge in [-0.1, -0.05) is 48.0 Å². The van der Waals surface area contributed by atoms with E-state index in [-0.39, 0.29) is 17.9 Å². The highest BCUT2D eigenvalue weighted by atomic mass is 35.5. The normalized spacial score (nSPS) is 17.7. The van der Waals surface area contributed by atoms with E-state index in [0.717, 1.165) is 19.4 Å². The van der Waals surface area contributed by atoms with Crippen LogP contribution in [0.1, 0.15) is 29.2 Å². The molecule has 0 aliphatic carbocycles. The number of carbonyl (C=O) groups excluding carboxylic acids is 2. The Hall–Kier alpha value is -3.58. The molecule has 1 fully saturated rings. The average Bonchev–Trinajstić information content (AvgIpc) is 3.51. The van der Waals surface area contributed by atoms with E-state index in [1.807, 2.05) is 41.0 Å². The summed E-state index contributed by atoms with van der Waals surface area (Å²) in [6.07, 6.45) is 7.41. The summed E-state index contributed by atoms with van der Waals surface area (Å²) in [5, 5.41) is 3.32. The van der Waals surface area contributed by atoms with Crippen LogP contribution >= 0.6 is 11.6 Å². The van der Waals surface area contributed by atoms with E-state index in [2.05, 4.69) is 27.3 Å². The molecule has 3 heterocycles. The first-order valence-corrected chi connectivity index (χ1v) is 11.9. The maximum Gasteiger partial charge on any atom is 0.273 e. The van der Waals surface area contributed by atoms with Crippen molar-refractivity contribution in [1.82, 2.24) is 14.5 Å². The molecule has 1 atom stereocenters. The topological polar surface area (TPSA) is 70.5 Å². The molecule has 0 radical (unpaired) electrons. The van der Waals surface area contributed by atoms with Crippen LogP contribution in [0.3, 0.4) is 0 Å². The summed E-state index contributed by atoms with van der Waals surface area (Å²) in [6.45, 7) is 2.40. The average molecular weight is 476 g/mol. The Morgan fingerprint density at radius 3 is 2.65 bits per heavy atom. The molecule has 0 spiro atoms. The van der Waals surface area contributed by atoms with Crippen molar-refractivity contribution >= 4 is 34.8 Å². The number of carbonyl (C=O) groups is 2. The fourth-order valence-electron chi connectivity index (χ4n) is 4.61. The van der Waals surface area contributed by atoms with Gasteiger partial charge in [0.25, 0.3) is 5.91 Å². The van der Waals surface area contributed by atoms with Crippen molar-refractivity contribution in [2.75, 3.05) is 23.3 Å². The van der Waals surface area contributed by atoms with E-state index in [4.69, 9.17) is 11.6 Å². The maximum atomic E-state index is 12.9. The van der Waals surface area contributed by atoms with Crippen LogP contribution in [0.2, 0.25) is 5.02 Å². The van der Waals surface area contributed by atoms with Gasteiger partial charge in [-0.3, -0.25) is 9.59 Å². The molecule has 1 aromatic heterocycles. The first-order chi connectivity index (χ1) is 16.6. The summed E-state index contributed by atoms with van der Waals surface area (Å²) in [6, 6.07) is 17.6. The zero-order valence-corrected chi connectivity index (χ0v) is 19.5. The van der Waals surface area contributed by atoms with Gasteiger partial charge in [0.1, 0.15) is 11.5 Å². The van der Waals surface area contributed by atoms with Crippen molar-refractivity contribution in [3.63, 3.8) is 0 Å². The van der Waals surface area contributed by atoms with Gasteiger partial charge in [-0.05, 0) is 37.1 Å². The highest BCUT2D eigenvalue weighted by Gasteiger charge is 2.26. The van der Waals surface area contributed by atoms with Crippen molar-refractivity contribution < 1.29 is 9.59 Å². The zero-order valence-electron chi connectivity index (χ0n) is 18.7. The Balaban J connectivity index is 1.23. The third-order valence-electron chi connectivity index (χ3n) is 6.38. The van der Waals surface area contributed by atoms with E-state index >= 15 is 0 Å². The Kier molecular flexibility index (Phi) is 6.36. The molecule has 2 aliphatic heterocycles. The number of imidazole rings is 1. The van der Waals surface area contributed by atoms with Crippen LogP contribution in [0.4, 0.5) is 11.4 Å². The number of fused-ring (bicyclic) bond motifs is 1. The first kappa shape index (κ1) is 22.2. The van der Waals surface area contributed by atoms with Gasteiger partial charge in [-0.2, -0.15) is 0 Å². The second-order valence-corrected chi connectivity index (χ2v) is 8.91. The number of hydrogen-bond acceptors (Lipinski definition) is 4. The van der Waals surface area contributed by atoms with Crippen LogP contribution in [0, 0.1) is 0 Å². The maximum absolute atomic E-state index is 12.9. The fraction of sp³-hybridized carbons (Fsp3) is 0.269. The molecule has 2 aliphatic rings. The predicted molar refractivity (Wildman–Crippen MR) is 133 cm³/mol. The number of anilines is 2. The Bertz CT molecular complexity index is 1220. The standard InChI is InChI=1S/C26H26ClN5O2/c27-21-10-4-5-11-22(21)29-26(34)23-17-28-24-18-30(15-16-32(23)24)25(33)13-12-20-9-6-14-31(20)19-7-2-1-3-8-19/h1-5,7-8,10-13,17,20H,6,9,14-16,18H2,(H,29,34)/b13-12+/t20-/m0/s1. The molecule has 1 saturated heterocycles. The van der Waals surface area contributed by atoms with Crippen molar-refractivity contribution in [3.05, 3.63) is 89.5 Å². The smallest absolute Gasteiger partial charge is 0.273 e. The zero-order chi connectivity index (χ0) is 23.5. The van der Waals surface area contributed by atoms with Crippen LogP contribution < -0.4 is 10.2 Å². The minimum absolute atomic E-state index is 0.0313. The van der Waals surface area contributed by atoms with E-state index < -0.39 is 0 Å². The Morgan fingerprint density at radius 1 is 1.03 bits per heavy atom. The molecule has 7 nitrogen and oxygen atoms in total. The highest BCUT2D eigenvalue weighted by molar-refractivity contribution is 6.33. The SMILES string of the molecule is O=C(Nc1ccccc1Cl)c1cnc2n1CCN(C(=O)/C=C/[C@@H]1CCCN1c1ccccc1)C2. The van der Waals surface area contributed by atoms with Gasteiger partial charge in [0.15, 0.2) is 0 Å². The van der Waals surface area contributed by atoms with Crippen molar-refractivity contribution in [1.29, 1.82) is 0 Å². The van der Waals surface area contributed by atoms with Gasteiger partial charge in [0, 0.05) is 37.4 Å². The van der Waals surface area contributed by atoms with E-state index in [9.17, 15) is 9.59 Å². The number of benzene rings is 2. The largest absolute Gasteiger partial charge is 0.365 e. The van der Waals surface area contributed by atoms with Crippen LogP contribution in [-0.2, 0) is 17.9 Å². The summed E-state index contributed by atoms with van der Waals surface area (Å²) < 4.78 is 1.87. The molecule has 0 unspecified atom stereocenters. The summed E-state index contributed by atoms with van der Waals surface area (Å²) >= 11 is 6.16. The van der Waals surface area contributed by atoms with E-state index in [0.29, 0.717) is 41.9 Å². The molecular weight excluding hydrogens is 450 g/mol. The lowest BCUT2D eigenvalue weighted by Crippen LogP contribution is -2.38. The Morgan fingerprint density at radius 2 is 1.82 bits per heavy atom. The number of amides is 2. The number of rotatable bonds is 5. The predicted octanol–water partition coefficient (Wildman–Crippen LogP) is 4.36. The lowest BCUT2D eigenvalue weighted by atomic mass is 10.2. The minimum Gasteiger partial charge on any atom is -0.365 e. The second-order valence-electron chi connectivity index (χ2n) is 8.50. The van der Waals surface area contributed by atoms with Gasteiger partial charge in [-0.25, -0.2) is 4.98 Å². The fourth-order valence-corrected chi connectivity index (χ4v) is 4.79. The highest BCUT2D eigenvalue weighted by Crippen LogP contribution is 2.26. The minimum atomic E-state index is -0.270. The first-order valence-electron chi connectivity index (χ1n) is 11.5. The van der Waals surface area contributed by atoms with Crippen molar-refractivity contribution in [2.24, 2.45) is 0 Å². The van der Waals surface area contributed by atoms with Gasteiger partial charge >= 0.3 is 0 Å². The van der Waals surface area contributed by atoms with Crippen LogP contribution in [0.5, 0.6) is 0 Å². The summed E-state index contributed by atoms with van der Waals surface area (Å²) in [7, 11) is 0. The summed E-state index contributed by atoms with van der Waals surface area (Å²) in [5.74, 6) is 0.397. The van der Waals surface area contributed by atoms with Gasteiger partial charge in [0.2, 0.25) is 5.91 Å². The summed E-state index contributed by atoms with van der Waals surface area (Å²) in [5.41, 5.74) is 2.20. The quantitative estimate of drug-likeness (QED) is 0.557. The molecule has 1 N–H and O–H groups in total. The lowest BCUT2D eigenvalue weighted by molar-refractivity contribution is -0.127.